The summed E-state index contributed by atoms with van der Waals surface area (Å²) in [5.74, 6) is 3.26. The maximum Gasteiger partial charge on any atom is 0.235 e. The molecule has 0 aliphatic carbocycles. The zero-order chi connectivity index (χ0) is 8.65. The van der Waals surface area contributed by atoms with Gasteiger partial charge in [-0.2, -0.15) is 11.8 Å². The van der Waals surface area contributed by atoms with E-state index >= 15 is 0 Å². The maximum absolute atomic E-state index is 9.73. The van der Waals surface area contributed by atoms with Crippen LogP contribution in [0, 0.1) is 5.92 Å². The molecule has 0 aromatic rings. The summed E-state index contributed by atoms with van der Waals surface area (Å²) in [5.41, 5.74) is 0. The number of hydrogen-bond acceptors (Lipinski definition) is 3. The topological polar surface area (TPSA) is 29.4 Å². The van der Waals surface area contributed by atoms with Gasteiger partial charge in [-0.15, -0.1) is 0 Å². The first-order valence-corrected chi connectivity index (χ1v) is 5.37. The van der Waals surface area contributed by atoms with Crippen LogP contribution >= 0.6 is 11.8 Å². The Hall–Kier alpha value is -0.530. The molecule has 0 unspecified atom stereocenters. The number of nitrogens with zero attached hydrogens (tertiary/aromatic N) is 1. The summed E-state index contributed by atoms with van der Waals surface area (Å²) in [6, 6.07) is 0. The predicted octanol–water partition coefficient (Wildman–Crippen LogP) is 2.02. The Morgan fingerprint density at radius 1 is 1.50 bits per heavy atom. The maximum atomic E-state index is 9.73. The van der Waals surface area contributed by atoms with Crippen LogP contribution < -0.4 is 0 Å². The third-order valence-electron chi connectivity index (χ3n) is 1.94. The van der Waals surface area contributed by atoms with Crippen LogP contribution in [0.1, 0.15) is 12.8 Å². The number of thioether (sulfide) groups is 1. The molecule has 66 valence electrons. The summed E-state index contributed by atoms with van der Waals surface area (Å²) in [6.45, 7) is 0.493. The second kappa shape index (κ2) is 6.04. The lowest BCUT2D eigenvalue weighted by molar-refractivity contribution is 0.563. The number of allylic oxidation sites excluding steroid dienone is 1. The van der Waals surface area contributed by atoms with Gasteiger partial charge in [-0.05, 0) is 30.3 Å². The summed E-state index contributed by atoms with van der Waals surface area (Å²) in [7, 11) is 0. The molecule has 0 spiro atoms. The lowest BCUT2D eigenvalue weighted by Crippen LogP contribution is -2.06. The van der Waals surface area contributed by atoms with Gasteiger partial charge in [-0.25, -0.2) is 9.79 Å². The van der Waals surface area contributed by atoms with Crippen molar-refractivity contribution in [1.82, 2.24) is 0 Å². The summed E-state index contributed by atoms with van der Waals surface area (Å²) >= 11 is 2.02. The lowest BCUT2D eigenvalue weighted by Gasteiger charge is -2.17. The van der Waals surface area contributed by atoms with Crippen LogP contribution in [0.5, 0.6) is 0 Å². The molecule has 1 saturated heterocycles. The normalized spacial score (nSPS) is 19.3. The minimum atomic E-state index is 0.493. The molecule has 1 fully saturated rings. The average Bonchev–Trinajstić information content (AvgIpc) is 2.14. The first-order valence-electron chi connectivity index (χ1n) is 4.21. The van der Waals surface area contributed by atoms with E-state index < -0.39 is 0 Å². The van der Waals surface area contributed by atoms with Crippen molar-refractivity contribution in [3.05, 3.63) is 12.2 Å². The van der Waals surface area contributed by atoms with E-state index in [1.165, 1.54) is 30.4 Å². The molecule has 3 heteroatoms. The van der Waals surface area contributed by atoms with Crippen LogP contribution in [0.3, 0.4) is 0 Å². The number of hydrogen-bond donors (Lipinski definition) is 0. The van der Waals surface area contributed by atoms with Crippen molar-refractivity contribution in [1.29, 1.82) is 0 Å². The Kier molecular flexibility index (Phi) is 4.81. The van der Waals surface area contributed by atoms with Crippen LogP contribution in [0.2, 0.25) is 0 Å². The highest BCUT2D eigenvalue weighted by atomic mass is 32.2. The smallest absolute Gasteiger partial charge is 0.211 e. The standard InChI is InChI=1S/C9H13NOS/c11-8-10-5-1-2-9-3-6-12-7-4-9/h1-2,9H,3-7H2/b2-1-. The largest absolute Gasteiger partial charge is 0.235 e. The van der Waals surface area contributed by atoms with Crippen molar-refractivity contribution < 1.29 is 4.79 Å². The molecule has 0 saturated carbocycles. The van der Waals surface area contributed by atoms with Crippen LogP contribution in [-0.4, -0.2) is 24.1 Å². The van der Waals surface area contributed by atoms with Gasteiger partial charge in [0.15, 0.2) is 0 Å². The molecule has 12 heavy (non-hydrogen) atoms. The van der Waals surface area contributed by atoms with E-state index in [0.29, 0.717) is 12.5 Å². The van der Waals surface area contributed by atoms with Gasteiger partial charge in [0.25, 0.3) is 0 Å². The molecule has 0 aromatic carbocycles. The zero-order valence-electron chi connectivity index (χ0n) is 7.03. The van der Waals surface area contributed by atoms with E-state index in [-0.39, 0.29) is 0 Å². The fourth-order valence-corrected chi connectivity index (χ4v) is 2.39. The first-order chi connectivity index (χ1) is 5.93. The molecule has 0 radical (unpaired) electrons. The van der Waals surface area contributed by atoms with E-state index in [9.17, 15) is 4.79 Å². The summed E-state index contributed by atoms with van der Waals surface area (Å²) in [4.78, 5) is 13.2. The van der Waals surface area contributed by atoms with Crippen LogP contribution in [0.15, 0.2) is 17.1 Å². The molecule has 1 rings (SSSR count). The first kappa shape index (κ1) is 9.56. The summed E-state index contributed by atoms with van der Waals surface area (Å²) in [6.07, 6.45) is 8.21. The fourth-order valence-electron chi connectivity index (χ4n) is 1.25. The number of isocyanates is 1. The number of carbonyl (C=O) groups excluding carboxylic acids is 1. The van der Waals surface area contributed by atoms with Gasteiger partial charge < -0.3 is 0 Å². The molecule has 0 bridgehead atoms. The summed E-state index contributed by atoms with van der Waals surface area (Å²) < 4.78 is 0. The Morgan fingerprint density at radius 2 is 2.25 bits per heavy atom. The van der Waals surface area contributed by atoms with Gasteiger partial charge in [-0.3, -0.25) is 0 Å². The second-order valence-electron chi connectivity index (χ2n) is 2.81. The molecule has 1 heterocycles. The van der Waals surface area contributed by atoms with Gasteiger partial charge in [0.05, 0.1) is 6.54 Å². The van der Waals surface area contributed by atoms with Gasteiger partial charge in [0, 0.05) is 0 Å². The summed E-state index contributed by atoms with van der Waals surface area (Å²) in [5, 5.41) is 0. The third kappa shape index (κ3) is 3.74. The van der Waals surface area contributed by atoms with Crippen molar-refractivity contribution >= 4 is 17.8 Å². The van der Waals surface area contributed by atoms with Crippen molar-refractivity contribution in [3.63, 3.8) is 0 Å². The van der Waals surface area contributed by atoms with Crippen molar-refractivity contribution in [2.45, 2.75) is 12.8 Å². The molecule has 1 aliphatic rings. The highest BCUT2D eigenvalue weighted by molar-refractivity contribution is 7.99. The van der Waals surface area contributed by atoms with Crippen molar-refractivity contribution in [3.8, 4) is 0 Å². The fraction of sp³-hybridized carbons (Fsp3) is 0.667. The minimum absolute atomic E-state index is 0.493. The highest BCUT2D eigenvalue weighted by Crippen LogP contribution is 2.23. The Morgan fingerprint density at radius 3 is 2.92 bits per heavy atom. The average molecular weight is 183 g/mol. The van der Waals surface area contributed by atoms with Gasteiger partial charge in [0.2, 0.25) is 6.08 Å². The molecule has 0 atom stereocenters. The third-order valence-corrected chi connectivity index (χ3v) is 2.98. The van der Waals surface area contributed by atoms with Crippen LogP contribution in [-0.2, 0) is 4.79 Å². The minimum Gasteiger partial charge on any atom is -0.211 e. The molecule has 1 aliphatic heterocycles. The zero-order valence-corrected chi connectivity index (χ0v) is 7.85. The van der Waals surface area contributed by atoms with Gasteiger partial charge in [0.1, 0.15) is 0 Å². The van der Waals surface area contributed by atoms with Gasteiger partial charge >= 0.3 is 0 Å². The van der Waals surface area contributed by atoms with E-state index in [0.717, 1.165) is 0 Å². The second-order valence-corrected chi connectivity index (χ2v) is 4.03. The quantitative estimate of drug-likeness (QED) is 0.380. The molecular weight excluding hydrogens is 170 g/mol. The molecule has 0 amide bonds. The highest BCUT2D eigenvalue weighted by Gasteiger charge is 2.09. The van der Waals surface area contributed by atoms with E-state index in [4.69, 9.17) is 0 Å². The molecule has 0 N–H and O–H groups in total. The number of aliphatic imine (C=N–C) groups is 1. The SMILES string of the molecule is O=C=NC/C=C\C1CCSCC1. The van der Waals surface area contributed by atoms with E-state index in [2.05, 4.69) is 11.1 Å². The van der Waals surface area contributed by atoms with Crippen molar-refractivity contribution in [2.75, 3.05) is 18.1 Å². The van der Waals surface area contributed by atoms with E-state index in [1.807, 2.05) is 17.8 Å². The van der Waals surface area contributed by atoms with E-state index in [1.54, 1.807) is 0 Å². The molecular formula is C9H13NOS. The van der Waals surface area contributed by atoms with Crippen LogP contribution in [0.4, 0.5) is 0 Å². The monoisotopic (exact) mass is 183 g/mol. The Bertz CT molecular complexity index is 191. The molecule has 2 nitrogen and oxygen atoms in total. The lowest BCUT2D eigenvalue weighted by atomic mass is 10.0. The van der Waals surface area contributed by atoms with Crippen molar-refractivity contribution in [2.24, 2.45) is 10.9 Å². The molecule has 0 aromatic heterocycles. The van der Waals surface area contributed by atoms with Gasteiger partial charge in [-0.1, -0.05) is 12.2 Å². The Labute approximate surface area is 77.1 Å². The predicted molar refractivity (Wildman–Crippen MR) is 52.2 cm³/mol. The van der Waals surface area contributed by atoms with Crippen LogP contribution in [0.25, 0.3) is 0 Å². The Balaban J connectivity index is 2.19. The number of rotatable bonds is 3.